The van der Waals surface area contributed by atoms with Crippen LogP contribution in [0, 0.1) is 11.3 Å². The molecule has 6 heteroatoms. The lowest BCUT2D eigenvalue weighted by atomic mass is 9.92. The zero-order chi connectivity index (χ0) is 12.2. The zero-order valence-corrected chi connectivity index (χ0v) is 10.5. The number of nitrogens with one attached hydrogen (secondary N) is 2. The van der Waals surface area contributed by atoms with E-state index in [1.165, 1.54) is 6.92 Å². The number of rotatable bonds is 4. The van der Waals surface area contributed by atoms with E-state index in [4.69, 9.17) is 5.26 Å². The Morgan fingerprint density at radius 2 is 1.75 bits per heavy atom. The number of hydrogen-bond acceptors (Lipinski definition) is 4. The van der Waals surface area contributed by atoms with Crippen LogP contribution in [0.15, 0.2) is 0 Å². The summed E-state index contributed by atoms with van der Waals surface area (Å²) in [6, 6.07) is 2.24. The molecule has 0 aliphatic heterocycles. The second-order valence-electron chi connectivity index (χ2n) is 4.27. The Bertz CT molecular complexity index is 353. The fraction of sp³-hybridized carbons (Fsp3) is 0.900. The lowest BCUT2D eigenvalue weighted by Crippen LogP contribution is -2.43. The lowest BCUT2D eigenvalue weighted by molar-refractivity contribution is 0.342. The van der Waals surface area contributed by atoms with Gasteiger partial charge in [0.1, 0.15) is 0 Å². The first-order chi connectivity index (χ1) is 7.49. The van der Waals surface area contributed by atoms with Gasteiger partial charge in [-0.25, -0.2) is 13.1 Å². The van der Waals surface area contributed by atoms with E-state index in [1.54, 1.807) is 6.07 Å². The molecule has 16 heavy (non-hydrogen) atoms. The molecule has 0 aromatic rings. The van der Waals surface area contributed by atoms with Gasteiger partial charge >= 0.3 is 0 Å². The first-order valence-corrected chi connectivity index (χ1v) is 7.12. The predicted molar refractivity (Wildman–Crippen MR) is 62.2 cm³/mol. The van der Waals surface area contributed by atoms with Crippen LogP contribution in [-0.4, -0.2) is 32.8 Å². The van der Waals surface area contributed by atoms with Crippen molar-refractivity contribution in [3.8, 4) is 6.07 Å². The van der Waals surface area contributed by atoms with E-state index >= 15 is 0 Å². The Morgan fingerprint density at radius 3 is 2.19 bits per heavy atom. The third kappa shape index (κ3) is 3.44. The van der Waals surface area contributed by atoms with Crippen molar-refractivity contribution < 1.29 is 8.42 Å². The standard InChI is InChI=1S/C10H19N3O2S/c1-8(7-11)16(14,15)13-10-5-3-9(12-2)4-6-10/h8-10,12-13H,3-6H2,1-2H3. The quantitative estimate of drug-likeness (QED) is 0.748. The highest BCUT2D eigenvalue weighted by atomic mass is 32.2. The number of nitriles is 1. The second-order valence-corrected chi connectivity index (χ2v) is 6.30. The van der Waals surface area contributed by atoms with E-state index in [1.807, 2.05) is 7.05 Å². The molecule has 1 aliphatic carbocycles. The van der Waals surface area contributed by atoms with E-state index < -0.39 is 15.3 Å². The van der Waals surface area contributed by atoms with Gasteiger partial charge in [-0.05, 0) is 39.7 Å². The summed E-state index contributed by atoms with van der Waals surface area (Å²) in [7, 11) is -1.54. The van der Waals surface area contributed by atoms with Crippen LogP contribution in [0.3, 0.4) is 0 Å². The van der Waals surface area contributed by atoms with E-state index in [0.29, 0.717) is 6.04 Å². The van der Waals surface area contributed by atoms with Crippen molar-refractivity contribution in [3.05, 3.63) is 0 Å². The molecular weight excluding hydrogens is 226 g/mol. The van der Waals surface area contributed by atoms with Gasteiger partial charge in [-0.2, -0.15) is 5.26 Å². The summed E-state index contributed by atoms with van der Waals surface area (Å²) in [4.78, 5) is 0. The number of nitrogens with zero attached hydrogens (tertiary/aromatic N) is 1. The van der Waals surface area contributed by atoms with Gasteiger partial charge in [-0.3, -0.25) is 0 Å². The van der Waals surface area contributed by atoms with Crippen LogP contribution in [0.5, 0.6) is 0 Å². The lowest BCUT2D eigenvalue weighted by Gasteiger charge is -2.28. The Hall–Kier alpha value is -0.640. The van der Waals surface area contributed by atoms with Gasteiger partial charge in [-0.1, -0.05) is 0 Å². The summed E-state index contributed by atoms with van der Waals surface area (Å²) in [5, 5.41) is 10.8. The first-order valence-electron chi connectivity index (χ1n) is 5.57. The van der Waals surface area contributed by atoms with E-state index in [-0.39, 0.29) is 6.04 Å². The van der Waals surface area contributed by atoms with Crippen LogP contribution in [-0.2, 0) is 10.0 Å². The topological polar surface area (TPSA) is 82.0 Å². The smallest absolute Gasteiger partial charge is 0.227 e. The maximum absolute atomic E-state index is 11.6. The van der Waals surface area contributed by atoms with Gasteiger partial charge in [0.25, 0.3) is 0 Å². The molecule has 0 heterocycles. The summed E-state index contributed by atoms with van der Waals surface area (Å²) in [5.41, 5.74) is 0. The highest BCUT2D eigenvalue weighted by Gasteiger charge is 2.27. The van der Waals surface area contributed by atoms with Crippen LogP contribution >= 0.6 is 0 Å². The number of sulfonamides is 1. The summed E-state index contributed by atoms with van der Waals surface area (Å²) in [6.07, 6.45) is 3.63. The molecule has 1 unspecified atom stereocenters. The largest absolute Gasteiger partial charge is 0.317 e. The minimum absolute atomic E-state index is 0.00889. The van der Waals surface area contributed by atoms with Crippen LogP contribution in [0.2, 0.25) is 0 Å². The highest BCUT2D eigenvalue weighted by Crippen LogP contribution is 2.19. The van der Waals surface area contributed by atoms with Gasteiger partial charge < -0.3 is 5.32 Å². The summed E-state index contributed by atoms with van der Waals surface area (Å²) >= 11 is 0. The minimum atomic E-state index is -3.47. The molecule has 0 aromatic heterocycles. The third-order valence-electron chi connectivity index (χ3n) is 3.11. The van der Waals surface area contributed by atoms with Crippen LogP contribution in [0.25, 0.3) is 0 Å². The molecule has 5 nitrogen and oxygen atoms in total. The van der Waals surface area contributed by atoms with Gasteiger partial charge in [0.05, 0.1) is 6.07 Å². The molecule has 92 valence electrons. The fourth-order valence-corrected chi connectivity index (χ4v) is 2.95. The van der Waals surface area contributed by atoms with Crippen LogP contribution in [0.1, 0.15) is 32.6 Å². The molecule has 0 amide bonds. The molecule has 1 aliphatic rings. The highest BCUT2D eigenvalue weighted by molar-refractivity contribution is 7.90. The molecular formula is C10H19N3O2S. The van der Waals surface area contributed by atoms with Crippen molar-refractivity contribution in [3.63, 3.8) is 0 Å². The molecule has 0 saturated heterocycles. The maximum Gasteiger partial charge on any atom is 0.227 e. The molecule has 0 spiro atoms. The Balaban J connectivity index is 2.49. The molecule has 0 bridgehead atoms. The minimum Gasteiger partial charge on any atom is -0.317 e. The first kappa shape index (κ1) is 13.4. The van der Waals surface area contributed by atoms with Gasteiger partial charge in [0.2, 0.25) is 10.0 Å². The molecule has 1 fully saturated rings. The Labute approximate surface area is 97.3 Å². The van der Waals surface area contributed by atoms with Crippen molar-refractivity contribution in [2.24, 2.45) is 0 Å². The Kier molecular flexibility index (Phi) is 4.71. The average Bonchev–Trinajstić information content (AvgIpc) is 2.28. The van der Waals surface area contributed by atoms with E-state index in [9.17, 15) is 8.42 Å². The monoisotopic (exact) mass is 245 g/mol. The normalized spacial score (nSPS) is 28.3. The van der Waals surface area contributed by atoms with E-state index in [2.05, 4.69) is 10.0 Å². The molecule has 2 N–H and O–H groups in total. The van der Waals surface area contributed by atoms with Crippen molar-refractivity contribution >= 4 is 10.0 Å². The molecule has 1 rings (SSSR count). The van der Waals surface area contributed by atoms with Crippen molar-refractivity contribution in [2.75, 3.05) is 7.05 Å². The maximum atomic E-state index is 11.6. The average molecular weight is 245 g/mol. The van der Waals surface area contributed by atoms with Crippen molar-refractivity contribution in [2.45, 2.75) is 49.9 Å². The van der Waals surface area contributed by atoms with Gasteiger partial charge in [0, 0.05) is 12.1 Å². The summed E-state index contributed by atoms with van der Waals surface area (Å²) in [6.45, 7) is 1.40. The van der Waals surface area contributed by atoms with Crippen molar-refractivity contribution in [1.29, 1.82) is 5.26 Å². The number of hydrogen-bond donors (Lipinski definition) is 2. The summed E-state index contributed by atoms with van der Waals surface area (Å²) < 4.78 is 25.9. The van der Waals surface area contributed by atoms with Gasteiger partial charge in [-0.15, -0.1) is 0 Å². The van der Waals surface area contributed by atoms with Crippen LogP contribution < -0.4 is 10.0 Å². The molecule has 0 aromatic carbocycles. The second kappa shape index (κ2) is 5.62. The SMILES string of the molecule is CNC1CCC(NS(=O)(=O)C(C)C#N)CC1. The fourth-order valence-electron chi connectivity index (χ4n) is 1.90. The van der Waals surface area contributed by atoms with Crippen molar-refractivity contribution in [1.82, 2.24) is 10.0 Å². The molecule has 1 atom stereocenters. The summed E-state index contributed by atoms with van der Waals surface area (Å²) in [5.74, 6) is 0. The predicted octanol–water partition coefficient (Wildman–Crippen LogP) is 0.348. The molecule has 1 saturated carbocycles. The zero-order valence-electron chi connectivity index (χ0n) is 9.73. The third-order valence-corrected chi connectivity index (χ3v) is 4.81. The molecule has 0 radical (unpaired) electrons. The van der Waals surface area contributed by atoms with Crippen LogP contribution in [0.4, 0.5) is 0 Å². The Morgan fingerprint density at radius 1 is 1.25 bits per heavy atom. The van der Waals surface area contributed by atoms with E-state index in [0.717, 1.165) is 25.7 Å². The van der Waals surface area contributed by atoms with Gasteiger partial charge in [0.15, 0.2) is 5.25 Å².